The lowest BCUT2D eigenvalue weighted by Gasteiger charge is -2.23. The molecule has 0 heterocycles. The van der Waals surface area contributed by atoms with Gasteiger partial charge in [-0.3, -0.25) is 9.59 Å². The van der Waals surface area contributed by atoms with Crippen molar-refractivity contribution in [1.82, 2.24) is 10.6 Å². The van der Waals surface area contributed by atoms with E-state index in [1.165, 1.54) is 60.7 Å². The Morgan fingerprint density at radius 3 is 1.75 bits per heavy atom. The maximum Gasteiger partial charge on any atom is 0.244 e. The normalized spacial score (nSPS) is 20.6. The molecular formula is C23H24N2O7. The third-order valence-corrected chi connectivity index (χ3v) is 5.11. The smallest absolute Gasteiger partial charge is 0.244 e. The fraction of sp³-hybridized carbons (Fsp3) is 0.217. The first-order valence-electron chi connectivity index (χ1n) is 9.92. The lowest BCUT2D eigenvalue weighted by atomic mass is 10.1. The molecule has 0 saturated heterocycles. The van der Waals surface area contributed by atoms with Crippen LogP contribution in [-0.4, -0.2) is 55.5 Å². The SMILES string of the molecule is O=C(C=Cc1ccc(O)c(O)c1)N[C@H]1[C@@H](NC(=O)C=Cc2ccc(O)c(O)c2)CC[C@@H]1O. The van der Waals surface area contributed by atoms with Gasteiger partial charge in [-0.2, -0.15) is 0 Å². The summed E-state index contributed by atoms with van der Waals surface area (Å²) in [6.45, 7) is 0. The van der Waals surface area contributed by atoms with Crippen LogP contribution in [0.25, 0.3) is 12.2 Å². The highest BCUT2D eigenvalue weighted by atomic mass is 16.3. The Bertz CT molecular complexity index is 1060. The van der Waals surface area contributed by atoms with Crippen LogP contribution in [0.4, 0.5) is 0 Å². The van der Waals surface area contributed by atoms with Crippen molar-refractivity contribution in [3.05, 3.63) is 59.7 Å². The van der Waals surface area contributed by atoms with E-state index in [0.29, 0.717) is 24.0 Å². The zero-order valence-corrected chi connectivity index (χ0v) is 17.0. The van der Waals surface area contributed by atoms with Gasteiger partial charge < -0.3 is 36.2 Å². The lowest BCUT2D eigenvalue weighted by molar-refractivity contribution is -0.120. The van der Waals surface area contributed by atoms with E-state index in [9.17, 15) is 35.1 Å². The van der Waals surface area contributed by atoms with Crippen LogP contribution in [0.5, 0.6) is 23.0 Å². The molecule has 7 N–H and O–H groups in total. The molecule has 9 heteroatoms. The van der Waals surface area contributed by atoms with Gasteiger partial charge in [0.05, 0.1) is 18.2 Å². The van der Waals surface area contributed by atoms with E-state index < -0.39 is 30.0 Å². The first-order chi connectivity index (χ1) is 15.2. The molecule has 1 aliphatic carbocycles. The van der Waals surface area contributed by atoms with Gasteiger partial charge in [0.1, 0.15) is 0 Å². The van der Waals surface area contributed by atoms with Crippen LogP contribution < -0.4 is 10.6 Å². The van der Waals surface area contributed by atoms with Crippen LogP contribution in [0.1, 0.15) is 24.0 Å². The van der Waals surface area contributed by atoms with Gasteiger partial charge in [0.15, 0.2) is 23.0 Å². The number of hydrogen-bond acceptors (Lipinski definition) is 7. The predicted octanol–water partition coefficient (Wildman–Crippen LogP) is 1.36. The maximum atomic E-state index is 12.3. The Hall–Kier alpha value is -3.98. The molecule has 1 aliphatic rings. The molecule has 1 fully saturated rings. The summed E-state index contributed by atoms with van der Waals surface area (Å²) in [6.07, 6.45) is 5.44. The Balaban J connectivity index is 1.58. The van der Waals surface area contributed by atoms with Gasteiger partial charge in [-0.05, 0) is 60.4 Å². The summed E-state index contributed by atoms with van der Waals surface area (Å²) in [6, 6.07) is 7.09. The number of benzene rings is 2. The number of carbonyl (C=O) groups excluding carboxylic acids is 2. The third kappa shape index (κ3) is 5.79. The minimum atomic E-state index is -0.826. The van der Waals surface area contributed by atoms with Crippen LogP contribution in [0.3, 0.4) is 0 Å². The summed E-state index contributed by atoms with van der Waals surface area (Å²) < 4.78 is 0. The number of hydrogen-bond donors (Lipinski definition) is 7. The molecule has 168 valence electrons. The Morgan fingerprint density at radius 2 is 1.25 bits per heavy atom. The molecule has 0 radical (unpaired) electrons. The van der Waals surface area contributed by atoms with Gasteiger partial charge in [0.25, 0.3) is 0 Å². The molecule has 0 unspecified atom stereocenters. The number of nitrogens with one attached hydrogen (secondary N) is 2. The number of rotatable bonds is 6. The third-order valence-electron chi connectivity index (χ3n) is 5.11. The fourth-order valence-corrected chi connectivity index (χ4v) is 3.41. The van der Waals surface area contributed by atoms with E-state index in [4.69, 9.17) is 0 Å². The largest absolute Gasteiger partial charge is 0.504 e. The van der Waals surface area contributed by atoms with E-state index in [0.717, 1.165) is 0 Å². The Labute approximate surface area is 184 Å². The maximum absolute atomic E-state index is 12.3. The highest BCUT2D eigenvalue weighted by Crippen LogP contribution is 2.26. The summed E-state index contributed by atoms with van der Waals surface area (Å²) >= 11 is 0. The van der Waals surface area contributed by atoms with E-state index in [1.807, 2.05) is 0 Å². The first-order valence-corrected chi connectivity index (χ1v) is 9.92. The number of phenolic OH excluding ortho intramolecular Hbond substituents is 4. The van der Waals surface area contributed by atoms with Crippen LogP contribution >= 0.6 is 0 Å². The average Bonchev–Trinajstić information content (AvgIpc) is 3.09. The summed E-state index contributed by atoms with van der Waals surface area (Å²) in [4.78, 5) is 24.5. The second kappa shape index (κ2) is 9.88. The lowest BCUT2D eigenvalue weighted by Crippen LogP contribution is -2.52. The van der Waals surface area contributed by atoms with Crippen molar-refractivity contribution >= 4 is 24.0 Å². The highest BCUT2D eigenvalue weighted by molar-refractivity contribution is 5.93. The number of carbonyl (C=O) groups is 2. The molecule has 0 aromatic heterocycles. The molecule has 9 nitrogen and oxygen atoms in total. The minimum absolute atomic E-state index is 0.263. The molecule has 0 bridgehead atoms. The summed E-state index contributed by atoms with van der Waals surface area (Å²) in [7, 11) is 0. The Kier molecular flexibility index (Phi) is 7.01. The topological polar surface area (TPSA) is 159 Å². The quantitative estimate of drug-likeness (QED) is 0.264. The standard InChI is InChI=1S/C23H24N2O7/c26-16-6-1-13(11-19(16)29)3-9-21(31)24-15-5-8-18(28)23(15)25-22(32)10-4-14-2-7-17(27)20(30)12-14/h1-4,6-7,9-12,15,18,23,26-30H,5,8H2,(H,24,31)(H,25,32)/t15-,18-,23-/m0/s1. The molecule has 3 rings (SSSR count). The van der Waals surface area contributed by atoms with Crippen LogP contribution in [0, 0.1) is 0 Å². The van der Waals surface area contributed by atoms with Crippen molar-refractivity contribution in [2.24, 2.45) is 0 Å². The van der Waals surface area contributed by atoms with Gasteiger partial charge in [0, 0.05) is 12.2 Å². The van der Waals surface area contributed by atoms with Crippen LogP contribution in [-0.2, 0) is 9.59 Å². The van der Waals surface area contributed by atoms with Gasteiger partial charge in [0.2, 0.25) is 11.8 Å². The predicted molar refractivity (Wildman–Crippen MR) is 117 cm³/mol. The highest BCUT2D eigenvalue weighted by Gasteiger charge is 2.36. The molecule has 2 aromatic rings. The van der Waals surface area contributed by atoms with Crippen molar-refractivity contribution in [2.75, 3.05) is 0 Å². The second-order valence-corrected chi connectivity index (χ2v) is 7.46. The average molecular weight is 440 g/mol. The summed E-state index contributed by atoms with van der Waals surface area (Å²) in [5.74, 6) is -2.07. The Morgan fingerprint density at radius 1 is 0.750 bits per heavy atom. The summed E-state index contributed by atoms with van der Waals surface area (Å²) in [5.41, 5.74) is 1.01. The van der Waals surface area contributed by atoms with E-state index >= 15 is 0 Å². The molecule has 0 spiro atoms. The number of aromatic hydroxyl groups is 4. The van der Waals surface area contributed by atoms with Crippen molar-refractivity contribution in [3.63, 3.8) is 0 Å². The fourth-order valence-electron chi connectivity index (χ4n) is 3.41. The van der Waals surface area contributed by atoms with E-state index in [-0.39, 0.29) is 23.0 Å². The van der Waals surface area contributed by atoms with E-state index in [1.54, 1.807) is 0 Å². The summed E-state index contributed by atoms with van der Waals surface area (Å²) in [5, 5.41) is 53.3. The van der Waals surface area contributed by atoms with E-state index in [2.05, 4.69) is 10.6 Å². The minimum Gasteiger partial charge on any atom is -0.504 e. The molecule has 2 amide bonds. The van der Waals surface area contributed by atoms with Crippen LogP contribution in [0.15, 0.2) is 48.6 Å². The second-order valence-electron chi connectivity index (χ2n) is 7.46. The molecule has 0 aliphatic heterocycles. The molecular weight excluding hydrogens is 416 g/mol. The zero-order valence-electron chi connectivity index (χ0n) is 17.0. The molecule has 2 aromatic carbocycles. The zero-order chi connectivity index (χ0) is 23.3. The van der Waals surface area contributed by atoms with Gasteiger partial charge >= 0.3 is 0 Å². The van der Waals surface area contributed by atoms with Gasteiger partial charge in [-0.15, -0.1) is 0 Å². The monoisotopic (exact) mass is 440 g/mol. The number of aliphatic hydroxyl groups excluding tert-OH is 1. The molecule has 32 heavy (non-hydrogen) atoms. The molecule has 3 atom stereocenters. The molecule has 1 saturated carbocycles. The van der Waals surface area contributed by atoms with Crippen molar-refractivity contribution in [1.29, 1.82) is 0 Å². The number of amides is 2. The van der Waals surface area contributed by atoms with Crippen molar-refractivity contribution < 1.29 is 35.1 Å². The number of aliphatic hydroxyl groups is 1. The van der Waals surface area contributed by atoms with Crippen molar-refractivity contribution in [2.45, 2.75) is 31.0 Å². The van der Waals surface area contributed by atoms with Gasteiger partial charge in [-0.1, -0.05) is 12.1 Å². The first kappa shape index (κ1) is 22.7. The number of phenols is 4. The van der Waals surface area contributed by atoms with Crippen LogP contribution in [0.2, 0.25) is 0 Å². The van der Waals surface area contributed by atoms with Gasteiger partial charge in [-0.25, -0.2) is 0 Å². The van der Waals surface area contributed by atoms with Crippen molar-refractivity contribution in [3.8, 4) is 23.0 Å².